The lowest BCUT2D eigenvalue weighted by atomic mass is 10.0. The summed E-state index contributed by atoms with van der Waals surface area (Å²) in [7, 11) is 0. The zero-order valence-electron chi connectivity index (χ0n) is 9.11. The van der Waals surface area contributed by atoms with Gasteiger partial charge in [0.05, 0.1) is 12.3 Å². The van der Waals surface area contributed by atoms with Crippen LogP contribution in [0.25, 0.3) is 0 Å². The number of aryl methyl sites for hydroxylation is 1. The van der Waals surface area contributed by atoms with Crippen LogP contribution < -0.4 is 5.73 Å². The van der Waals surface area contributed by atoms with Gasteiger partial charge < -0.3 is 14.9 Å². The Bertz CT molecular complexity index is 311. The van der Waals surface area contributed by atoms with Crippen LogP contribution in [-0.4, -0.2) is 24.2 Å². The first-order chi connectivity index (χ1) is 7.31. The van der Waals surface area contributed by atoms with Crippen LogP contribution in [0.15, 0.2) is 10.6 Å². The van der Waals surface area contributed by atoms with Crippen molar-refractivity contribution in [1.82, 2.24) is 4.98 Å². The fourth-order valence-electron chi connectivity index (χ4n) is 1.97. The molecular formula is C11H18N2O2. The van der Waals surface area contributed by atoms with Gasteiger partial charge >= 0.3 is 0 Å². The third-order valence-electron chi connectivity index (χ3n) is 2.91. The minimum atomic E-state index is 0.250. The molecule has 1 saturated heterocycles. The Morgan fingerprint density at radius 1 is 1.60 bits per heavy atom. The lowest BCUT2D eigenvalue weighted by Crippen LogP contribution is -2.08. The number of rotatable bonds is 4. The summed E-state index contributed by atoms with van der Waals surface area (Å²) in [5.74, 6) is 2.14. The van der Waals surface area contributed by atoms with Crippen LogP contribution in [0, 0.1) is 0 Å². The van der Waals surface area contributed by atoms with Crippen molar-refractivity contribution in [3.63, 3.8) is 0 Å². The molecule has 1 aliphatic heterocycles. The summed E-state index contributed by atoms with van der Waals surface area (Å²) in [5, 5.41) is 0. The molecule has 2 atom stereocenters. The minimum absolute atomic E-state index is 0.250. The first-order valence-electron chi connectivity index (χ1n) is 5.57. The van der Waals surface area contributed by atoms with Crippen LogP contribution in [0.2, 0.25) is 0 Å². The molecule has 1 aromatic heterocycles. The van der Waals surface area contributed by atoms with Crippen LogP contribution in [-0.2, 0) is 11.2 Å². The number of hydrogen-bond acceptors (Lipinski definition) is 4. The normalized spacial score (nSPS) is 26.0. The monoisotopic (exact) mass is 210 g/mol. The maximum absolute atomic E-state index is 5.69. The molecule has 2 heterocycles. The highest BCUT2D eigenvalue weighted by atomic mass is 16.5. The van der Waals surface area contributed by atoms with Crippen molar-refractivity contribution in [2.45, 2.75) is 38.2 Å². The second-order valence-corrected chi connectivity index (χ2v) is 4.02. The molecule has 0 spiro atoms. The molecule has 0 bridgehead atoms. The molecule has 2 rings (SSSR count). The first-order valence-corrected chi connectivity index (χ1v) is 5.57. The Balaban J connectivity index is 1.99. The number of hydrogen-bond donors (Lipinski definition) is 1. The van der Waals surface area contributed by atoms with Crippen LogP contribution in [0.5, 0.6) is 0 Å². The fourth-order valence-corrected chi connectivity index (χ4v) is 1.97. The van der Waals surface area contributed by atoms with Gasteiger partial charge in [0, 0.05) is 18.9 Å². The Morgan fingerprint density at radius 2 is 2.47 bits per heavy atom. The summed E-state index contributed by atoms with van der Waals surface area (Å²) in [6.07, 6.45) is 4.88. The molecule has 0 aliphatic carbocycles. The molecular weight excluding hydrogens is 192 g/mol. The van der Waals surface area contributed by atoms with E-state index in [-0.39, 0.29) is 6.10 Å². The molecule has 84 valence electrons. The Labute approximate surface area is 89.8 Å². The Hall–Kier alpha value is -0.870. The fraction of sp³-hybridized carbons (Fsp3) is 0.727. The zero-order chi connectivity index (χ0) is 10.7. The highest BCUT2D eigenvalue weighted by molar-refractivity contribution is 5.06. The molecule has 0 saturated carbocycles. The Kier molecular flexibility index (Phi) is 3.38. The molecule has 1 fully saturated rings. The largest absolute Gasteiger partial charge is 0.445 e. The van der Waals surface area contributed by atoms with Gasteiger partial charge in [0.1, 0.15) is 5.76 Å². The Morgan fingerprint density at radius 3 is 3.13 bits per heavy atom. The van der Waals surface area contributed by atoms with Crippen LogP contribution in [0.4, 0.5) is 0 Å². The highest BCUT2D eigenvalue weighted by Gasteiger charge is 2.28. The van der Waals surface area contributed by atoms with E-state index in [4.69, 9.17) is 14.9 Å². The summed E-state index contributed by atoms with van der Waals surface area (Å²) in [5.41, 5.74) is 5.44. The summed E-state index contributed by atoms with van der Waals surface area (Å²) < 4.78 is 11.2. The zero-order valence-corrected chi connectivity index (χ0v) is 9.11. The minimum Gasteiger partial charge on any atom is -0.445 e. The third-order valence-corrected chi connectivity index (χ3v) is 2.91. The van der Waals surface area contributed by atoms with E-state index in [1.807, 2.05) is 6.20 Å². The first kappa shape index (κ1) is 10.6. The molecule has 1 aliphatic rings. The maximum atomic E-state index is 5.69. The number of aromatic nitrogens is 1. The average molecular weight is 210 g/mol. The molecule has 15 heavy (non-hydrogen) atoms. The lowest BCUT2D eigenvalue weighted by Gasteiger charge is -2.09. The predicted octanol–water partition coefficient (Wildman–Crippen LogP) is 1.46. The van der Waals surface area contributed by atoms with E-state index >= 15 is 0 Å². The van der Waals surface area contributed by atoms with E-state index in [1.165, 1.54) is 0 Å². The molecule has 0 aromatic carbocycles. The van der Waals surface area contributed by atoms with Gasteiger partial charge in [0.25, 0.3) is 0 Å². The van der Waals surface area contributed by atoms with E-state index in [2.05, 4.69) is 11.9 Å². The van der Waals surface area contributed by atoms with E-state index < -0.39 is 0 Å². The van der Waals surface area contributed by atoms with Gasteiger partial charge in [-0.2, -0.15) is 0 Å². The van der Waals surface area contributed by atoms with Crippen molar-refractivity contribution in [1.29, 1.82) is 0 Å². The summed E-state index contributed by atoms with van der Waals surface area (Å²) in [6.45, 7) is 3.59. The average Bonchev–Trinajstić information content (AvgIpc) is 2.83. The van der Waals surface area contributed by atoms with Gasteiger partial charge in [-0.1, -0.05) is 0 Å². The maximum Gasteiger partial charge on any atom is 0.194 e. The van der Waals surface area contributed by atoms with E-state index in [1.54, 1.807) is 0 Å². The number of oxazole rings is 1. The van der Waals surface area contributed by atoms with Crippen molar-refractivity contribution < 1.29 is 9.15 Å². The summed E-state index contributed by atoms with van der Waals surface area (Å²) in [4.78, 5) is 4.25. The third kappa shape index (κ3) is 2.38. The molecule has 1 aromatic rings. The van der Waals surface area contributed by atoms with Gasteiger partial charge in [-0.3, -0.25) is 0 Å². The molecule has 2 unspecified atom stereocenters. The van der Waals surface area contributed by atoms with Crippen molar-refractivity contribution in [2.75, 3.05) is 13.2 Å². The number of ether oxygens (including phenoxy) is 1. The topological polar surface area (TPSA) is 61.3 Å². The molecule has 2 N–H and O–H groups in total. The predicted molar refractivity (Wildman–Crippen MR) is 56.7 cm³/mol. The lowest BCUT2D eigenvalue weighted by molar-refractivity contribution is 0.115. The van der Waals surface area contributed by atoms with Crippen LogP contribution >= 0.6 is 0 Å². The van der Waals surface area contributed by atoms with Crippen LogP contribution in [0.1, 0.15) is 37.3 Å². The number of nitrogens with zero attached hydrogens (tertiary/aromatic N) is 1. The molecule has 4 heteroatoms. The summed E-state index contributed by atoms with van der Waals surface area (Å²) in [6, 6.07) is 0. The van der Waals surface area contributed by atoms with Crippen molar-refractivity contribution in [2.24, 2.45) is 5.73 Å². The van der Waals surface area contributed by atoms with Gasteiger partial charge in [-0.15, -0.1) is 0 Å². The van der Waals surface area contributed by atoms with Crippen molar-refractivity contribution in [3.05, 3.63) is 17.8 Å². The van der Waals surface area contributed by atoms with Gasteiger partial charge in [0.15, 0.2) is 5.89 Å². The van der Waals surface area contributed by atoms with Crippen molar-refractivity contribution >= 4 is 0 Å². The van der Waals surface area contributed by atoms with Gasteiger partial charge in [0.2, 0.25) is 0 Å². The second-order valence-electron chi connectivity index (χ2n) is 4.02. The smallest absolute Gasteiger partial charge is 0.194 e. The summed E-state index contributed by atoms with van der Waals surface area (Å²) >= 11 is 0. The van der Waals surface area contributed by atoms with Crippen LogP contribution in [0.3, 0.4) is 0 Å². The number of nitrogens with two attached hydrogens (primary N) is 1. The SMILES string of the molecule is CC1OCCC1c1cnc(CCCN)o1. The van der Waals surface area contributed by atoms with Crippen molar-refractivity contribution in [3.8, 4) is 0 Å². The van der Waals surface area contributed by atoms with Gasteiger partial charge in [-0.25, -0.2) is 4.98 Å². The van der Waals surface area contributed by atoms with E-state index in [9.17, 15) is 0 Å². The molecule has 4 nitrogen and oxygen atoms in total. The molecule has 0 amide bonds. The standard InChI is InChI=1S/C11H18N2O2/c1-8-9(4-6-14-8)10-7-13-11(15-10)3-2-5-12/h7-9H,2-6,12H2,1H3. The highest BCUT2D eigenvalue weighted by Crippen LogP contribution is 2.31. The van der Waals surface area contributed by atoms with E-state index in [0.717, 1.165) is 37.5 Å². The molecule has 0 radical (unpaired) electrons. The van der Waals surface area contributed by atoms with Gasteiger partial charge in [-0.05, 0) is 26.3 Å². The second kappa shape index (κ2) is 4.77. The quantitative estimate of drug-likeness (QED) is 0.817. The van der Waals surface area contributed by atoms with E-state index in [0.29, 0.717) is 12.5 Å².